The summed E-state index contributed by atoms with van der Waals surface area (Å²) < 4.78 is 0. The number of aryl methyl sites for hydroxylation is 1. The molecule has 0 saturated carbocycles. The Bertz CT molecular complexity index is 672. The molecule has 3 rings (SSSR count). The highest BCUT2D eigenvalue weighted by molar-refractivity contribution is 5.82. The first-order valence-electron chi connectivity index (χ1n) is 8.68. The molecule has 0 fully saturated rings. The molecule has 1 aliphatic rings. The molecule has 1 aromatic carbocycles. The van der Waals surface area contributed by atoms with Crippen molar-refractivity contribution in [1.29, 1.82) is 0 Å². The van der Waals surface area contributed by atoms with Crippen molar-refractivity contribution in [3.8, 4) is 0 Å². The lowest BCUT2D eigenvalue weighted by atomic mass is 9.94. The molecule has 1 aliphatic heterocycles. The summed E-state index contributed by atoms with van der Waals surface area (Å²) >= 11 is 0. The Morgan fingerprint density at radius 2 is 1.96 bits per heavy atom. The first-order valence-corrected chi connectivity index (χ1v) is 8.68. The number of carbonyl (C=O) groups excluding carboxylic acids is 1. The molecule has 0 aliphatic carbocycles. The van der Waals surface area contributed by atoms with Crippen LogP contribution in [0.25, 0.3) is 0 Å². The van der Waals surface area contributed by atoms with Crippen LogP contribution in [0.3, 0.4) is 0 Å². The molecule has 1 amide bonds. The molecule has 24 heavy (non-hydrogen) atoms. The highest BCUT2D eigenvalue weighted by Gasteiger charge is 2.28. The molecule has 1 atom stereocenters. The van der Waals surface area contributed by atoms with E-state index in [0.717, 1.165) is 44.5 Å². The van der Waals surface area contributed by atoms with E-state index in [1.165, 1.54) is 11.1 Å². The lowest BCUT2D eigenvalue weighted by molar-refractivity contribution is -0.126. The normalized spacial score (nSPS) is 17.3. The van der Waals surface area contributed by atoms with Crippen LogP contribution in [-0.2, 0) is 24.2 Å². The summed E-state index contributed by atoms with van der Waals surface area (Å²) in [5, 5.41) is 3.10. The van der Waals surface area contributed by atoms with Gasteiger partial charge < -0.3 is 5.32 Å². The van der Waals surface area contributed by atoms with Gasteiger partial charge in [0.15, 0.2) is 0 Å². The number of hydrogen-bond donors (Lipinski definition) is 1. The first-order chi connectivity index (χ1) is 11.7. The van der Waals surface area contributed by atoms with Gasteiger partial charge in [0.25, 0.3) is 0 Å². The largest absolute Gasteiger partial charge is 0.355 e. The maximum atomic E-state index is 12.5. The van der Waals surface area contributed by atoms with Crippen LogP contribution < -0.4 is 5.32 Å². The minimum Gasteiger partial charge on any atom is -0.355 e. The van der Waals surface area contributed by atoms with Crippen molar-refractivity contribution >= 4 is 5.91 Å². The van der Waals surface area contributed by atoms with Crippen LogP contribution in [0.5, 0.6) is 0 Å². The zero-order valence-electron chi connectivity index (χ0n) is 14.2. The van der Waals surface area contributed by atoms with Gasteiger partial charge >= 0.3 is 0 Å². The Morgan fingerprint density at radius 1 is 1.17 bits per heavy atom. The Balaban J connectivity index is 1.42. The monoisotopic (exact) mass is 323 g/mol. The van der Waals surface area contributed by atoms with Gasteiger partial charge in [0.1, 0.15) is 0 Å². The molecule has 2 heterocycles. The second-order valence-electron chi connectivity index (χ2n) is 6.47. The van der Waals surface area contributed by atoms with Crippen LogP contribution in [0, 0.1) is 0 Å². The molecule has 0 spiro atoms. The van der Waals surface area contributed by atoms with Gasteiger partial charge in [-0.2, -0.15) is 0 Å². The van der Waals surface area contributed by atoms with Gasteiger partial charge in [0, 0.05) is 25.0 Å². The quantitative estimate of drug-likeness (QED) is 0.831. The average Bonchev–Trinajstić information content (AvgIpc) is 2.61. The van der Waals surface area contributed by atoms with Gasteiger partial charge in [-0.3, -0.25) is 14.7 Å². The second kappa shape index (κ2) is 8.06. The van der Waals surface area contributed by atoms with E-state index in [9.17, 15) is 4.79 Å². The number of benzene rings is 1. The fourth-order valence-electron chi connectivity index (χ4n) is 3.25. The molecular formula is C20H25N3O. The van der Waals surface area contributed by atoms with E-state index in [1.54, 1.807) is 0 Å². The van der Waals surface area contributed by atoms with Gasteiger partial charge in [0.2, 0.25) is 5.91 Å². The van der Waals surface area contributed by atoms with Gasteiger partial charge in [-0.1, -0.05) is 30.3 Å². The predicted molar refractivity (Wildman–Crippen MR) is 95.6 cm³/mol. The number of pyridine rings is 1. The number of fused-ring (bicyclic) bond motifs is 1. The number of unbranched alkanes of at least 4 members (excludes halogenated alkanes) is 1. The van der Waals surface area contributed by atoms with Gasteiger partial charge in [-0.15, -0.1) is 0 Å². The highest BCUT2D eigenvalue weighted by Crippen LogP contribution is 2.21. The summed E-state index contributed by atoms with van der Waals surface area (Å²) in [4.78, 5) is 19.0. The van der Waals surface area contributed by atoms with Crippen LogP contribution >= 0.6 is 0 Å². The van der Waals surface area contributed by atoms with Crippen LogP contribution in [0.2, 0.25) is 0 Å². The zero-order chi connectivity index (χ0) is 16.8. The maximum absolute atomic E-state index is 12.5. The zero-order valence-corrected chi connectivity index (χ0v) is 14.2. The van der Waals surface area contributed by atoms with E-state index in [-0.39, 0.29) is 11.9 Å². The fraction of sp³-hybridized carbons (Fsp3) is 0.400. The van der Waals surface area contributed by atoms with Crippen molar-refractivity contribution in [2.75, 3.05) is 13.6 Å². The van der Waals surface area contributed by atoms with Gasteiger partial charge in [-0.25, -0.2) is 0 Å². The molecule has 126 valence electrons. The third-order valence-electron chi connectivity index (χ3n) is 4.67. The number of nitrogens with zero attached hydrogens (tertiary/aromatic N) is 2. The standard InChI is InChI=1S/C20H25N3O/c1-23-15-17-9-3-2-8-16(17)14-19(23)20(24)22-13-7-5-11-18-10-4-6-12-21-18/h2-4,6,8-10,12,19H,5,7,11,13-15H2,1H3,(H,22,24)/t19-/m0/s1. The number of carbonyl (C=O) groups is 1. The molecule has 2 aromatic rings. The van der Waals surface area contributed by atoms with Crippen molar-refractivity contribution in [3.63, 3.8) is 0 Å². The first kappa shape index (κ1) is 16.7. The molecule has 0 saturated heterocycles. The molecule has 1 aromatic heterocycles. The molecule has 0 unspecified atom stereocenters. The van der Waals surface area contributed by atoms with Crippen molar-refractivity contribution in [2.45, 2.75) is 38.3 Å². The molecule has 4 heteroatoms. The second-order valence-corrected chi connectivity index (χ2v) is 6.47. The Labute approximate surface area is 143 Å². The summed E-state index contributed by atoms with van der Waals surface area (Å²) in [5.41, 5.74) is 3.75. The number of hydrogen-bond acceptors (Lipinski definition) is 3. The molecule has 4 nitrogen and oxygen atoms in total. The van der Waals surface area contributed by atoms with Gasteiger partial charge in [-0.05, 0) is 56.0 Å². The summed E-state index contributed by atoms with van der Waals surface area (Å²) in [6.45, 7) is 1.57. The fourth-order valence-corrected chi connectivity index (χ4v) is 3.25. The van der Waals surface area contributed by atoms with E-state index in [4.69, 9.17) is 0 Å². The van der Waals surface area contributed by atoms with E-state index in [1.807, 2.05) is 31.4 Å². The predicted octanol–water partition coefficient (Wildman–Crippen LogP) is 2.58. The van der Waals surface area contributed by atoms with Crippen LogP contribution in [-0.4, -0.2) is 35.4 Å². The summed E-state index contributed by atoms with van der Waals surface area (Å²) in [6, 6.07) is 14.3. The van der Waals surface area contributed by atoms with Crippen molar-refractivity contribution < 1.29 is 4.79 Å². The minimum absolute atomic E-state index is 0.0595. The SMILES string of the molecule is CN1Cc2ccccc2C[C@H]1C(=O)NCCCCc1ccccn1. The van der Waals surface area contributed by atoms with Crippen molar-refractivity contribution in [1.82, 2.24) is 15.2 Å². The minimum atomic E-state index is -0.0595. The molecule has 1 N–H and O–H groups in total. The lowest BCUT2D eigenvalue weighted by Crippen LogP contribution is -2.48. The third kappa shape index (κ3) is 4.20. The number of aromatic nitrogens is 1. The third-order valence-corrected chi connectivity index (χ3v) is 4.67. The van der Waals surface area contributed by atoms with E-state index >= 15 is 0 Å². The van der Waals surface area contributed by atoms with Crippen molar-refractivity contribution in [2.24, 2.45) is 0 Å². The Kier molecular flexibility index (Phi) is 5.59. The summed E-state index contributed by atoms with van der Waals surface area (Å²) in [7, 11) is 2.03. The summed E-state index contributed by atoms with van der Waals surface area (Å²) in [5.74, 6) is 0.143. The maximum Gasteiger partial charge on any atom is 0.237 e. The number of likely N-dealkylation sites (N-methyl/N-ethyl adjacent to an activating group) is 1. The van der Waals surface area contributed by atoms with Crippen LogP contribution in [0.1, 0.15) is 29.7 Å². The lowest BCUT2D eigenvalue weighted by Gasteiger charge is -2.33. The summed E-state index contributed by atoms with van der Waals surface area (Å²) in [6.07, 6.45) is 5.61. The van der Waals surface area contributed by atoms with Crippen molar-refractivity contribution in [3.05, 3.63) is 65.5 Å². The smallest absolute Gasteiger partial charge is 0.237 e. The van der Waals surface area contributed by atoms with E-state index in [2.05, 4.69) is 39.5 Å². The van der Waals surface area contributed by atoms with Gasteiger partial charge in [0.05, 0.1) is 6.04 Å². The molecule has 0 bridgehead atoms. The Morgan fingerprint density at radius 3 is 2.75 bits per heavy atom. The number of rotatable bonds is 6. The highest BCUT2D eigenvalue weighted by atomic mass is 16.2. The average molecular weight is 323 g/mol. The van der Waals surface area contributed by atoms with E-state index in [0.29, 0.717) is 0 Å². The molecular weight excluding hydrogens is 298 g/mol. The number of amides is 1. The van der Waals surface area contributed by atoms with Crippen LogP contribution in [0.15, 0.2) is 48.7 Å². The van der Waals surface area contributed by atoms with E-state index < -0.39 is 0 Å². The molecule has 0 radical (unpaired) electrons. The Hall–Kier alpha value is -2.20. The topological polar surface area (TPSA) is 45.2 Å². The number of nitrogens with one attached hydrogen (secondary N) is 1. The van der Waals surface area contributed by atoms with Crippen LogP contribution in [0.4, 0.5) is 0 Å².